The summed E-state index contributed by atoms with van der Waals surface area (Å²) in [5, 5.41) is 7.37. The van der Waals surface area contributed by atoms with E-state index in [0.29, 0.717) is 35.3 Å². The molecule has 2 heterocycles. The van der Waals surface area contributed by atoms with E-state index in [1.54, 1.807) is 23.5 Å². The number of carbonyl (C=O) groups excluding carboxylic acids is 1. The van der Waals surface area contributed by atoms with Crippen LogP contribution in [0.25, 0.3) is 0 Å². The normalized spacial score (nSPS) is 17.5. The van der Waals surface area contributed by atoms with Crippen molar-refractivity contribution in [2.75, 3.05) is 24.5 Å². The van der Waals surface area contributed by atoms with Gasteiger partial charge < -0.3 is 10.2 Å². The van der Waals surface area contributed by atoms with Gasteiger partial charge >= 0.3 is 0 Å². The second-order valence-electron chi connectivity index (χ2n) is 6.27. The van der Waals surface area contributed by atoms with Crippen molar-refractivity contribution in [2.45, 2.75) is 25.7 Å². The molecule has 0 bridgehead atoms. The Morgan fingerprint density at radius 2 is 2.16 bits per heavy atom. The highest BCUT2D eigenvalue weighted by molar-refractivity contribution is 7.13. The lowest BCUT2D eigenvalue weighted by Crippen LogP contribution is -2.41. The number of rotatable bonds is 6. The summed E-state index contributed by atoms with van der Waals surface area (Å²) in [5.41, 5.74) is 0.841. The Labute approximate surface area is 162 Å². The minimum absolute atomic E-state index is 0.0439. The Hall–Kier alpha value is -1.30. The second kappa shape index (κ2) is 8.88. The fourth-order valence-corrected chi connectivity index (χ4v) is 4.40. The molecule has 0 spiro atoms. The first-order chi connectivity index (χ1) is 12.1. The standard InChI is InChI=1S/C18H21Cl2N3OS/c19-15-4-1-5-16(20)14(15)6-7-17(24)22-11-13-3-2-9-23(12-13)18-21-8-10-25-18/h1,4-5,8,10,13H,2-3,6-7,9,11-12H2,(H,22,24)/t13-/m1/s1. The lowest BCUT2D eigenvalue weighted by Gasteiger charge is -2.32. The van der Waals surface area contributed by atoms with Crippen LogP contribution >= 0.6 is 34.5 Å². The molecule has 2 aromatic rings. The number of amides is 1. The van der Waals surface area contributed by atoms with Crippen LogP contribution in [-0.2, 0) is 11.2 Å². The number of thiazole rings is 1. The Kier molecular flexibility index (Phi) is 6.57. The molecule has 134 valence electrons. The van der Waals surface area contributed by atoms with Gasteiger partial charge in [0, 0.05) is 47.7 Å². The molecule has 0 radical (unpaired) electrons. The monoisotopic (exact) mass is 397 g/mol. The summed E-state index contributed by atoms with van der Waals surface area (Å²) in [6.07, 6.45) is 5.06. The first-order valence-corrected chi connectivity index (χ1v) is 10.1. The van der Waals surface area contributed by atoms with Gasteiger partial charge in [-0.1, -0.05) is 29.3 Å². The first kappa shape index (κ1) is 18.5. The highest BCUT2D eigenvalue weighted by Gasteiger charge is 2.22. The van der Waals surface area contributed by atoms with Crippen LogP contribution < -0.4 is 10.2 Å². The molecule has 0 aliphatic carbocycles. The highest BCUT2D eigenvalue weighted by atomic mass is 35.5. The van der Waals surface area contributed by atoms with Gasteiger partial charge in [-0.2, -0.15) is 0 Å². The topological polar surface area (TPSA) is 45.2 Å². The lowest BCUT2D eigenvalue weighted by atomic mass is 9.98. The number of aromatic nitrogens is 1. The predicted octanol–water partition coefficient (Wildman–Crippen LogP) is 4.42. The summed E-state index contributed by atoms with van der Waals surface area (Å²) in [6.45, 7) is 2.70. The van der Waals surface area contributed by atoms with Crippen molar-refractivity contribution in [3.63, 3.8) is 0 Å². The summed E-state index contributed by atoms with van der Waals surface area (Å²) in [4.78, 5) is 18.9. The van der Waals surface area contributed by atoms with Crippen LogP contribution in [0.15, 0.2) is 29.8 Å². The average Bonchev–Trinajstić information content (AvgIpc) is 3.14. The lowest BCUT2D eigenvalue weighted by molar-refractivity contribution is -0.121. The first-order valence-electron chi connectivity index (χ1n) is 8.47. The number of halogens is 2. The van der Waals surface area contributed by atoms with Gasteiger partial charge in [0.05, 0.1) is 0 Å². The van der Waals surface area contributed by atoms with E-state index >= 15 is 0 Å². The molecule has 1 N–H and O–H groups in total. The van der Waals surface area contributed by atoms with E-state index < -0.39 is 0 Å². The molecule has 1 aromatic carbocycles. The summed E-state index contributed by atoms with van der Waals surface area (Å²) >= 11 is 14.0. The molecule has 1 atom stereocenters. The van der Waals surface area contributed by atoms with Gasteiger partial charge in [0.1, 0.15) is 0 Å². The van der Waals surface area contributed by atoms with Gasteiger partial charge in [-0.3, -0.25) is 4.79 Å². The number of benzene rings is 1. The molecule has 1 saturated heterocycles. The number of anilines is 1. The molecule has 0 saturated carbocycles. The minimum atomic E-state index is 0.0439. The smallest absolute Gasteiger partial charge is 0.220 e. The van der Waals surface area contributed by atoms with Crippen LogP contribution in [0.5, 0.6) is 0 Å². The van der Waals surface area contributed by atoms with Gasteiger partial charge in [-0.05, 0) is 42.9 Å². The maximum Gasteiger partial charge on any atom is 0.220 e. The highest BCUT2D eigenvalue weighted by Crippen LogP contribution is 2.26. The maximum atomic E-state index is 12.2. The number of nitrogens with one attached hydrogen (secondary N) is 1. The number of hydrogen-bond acceptors (Lipinski definition) is 4. The third-order valence-corrected chi connectivity index (χ3v) is 6.00. The Balaban J connectivity index is 1.44. The minimum Gasteiger partial charge on any atom is -0.356 e. The van der Waals surface area contributed by atoms with E-state index in [-0.39, 0.29) is 5.91 Å². The molecular weight excluding hydrogens is 377 g/mol. The van der Waals surface area contributed by atoms with Gasteiger partial charge in [0.2, 0.25) is 5.91 Å². The van der Waals surface area contributed by atoms with E-state index in [1.807, 2.05) is 17.6 Å². The zero-order valence-electron chi connectivity index (χ0n) is 13.9. The third-order valence-electron chi connectivity index (χ3n) is 4.46. The zero-order valence-corrected chi connectivity index (χ0v) is 16.2. The van der Waals surface area contributed by atoms with Crippen molar-refractivity contribution >= 4 is 45.6 Å². The van der Waals surface area contributed by atoms with E-state index in [9.17, 15) is 4.79 Å². The quantitative estimate of drug-likeness (QED) is 0.784. The van der Waals surface area contributed by atoms with Crippen molar-refractivity contribution in [3.8, 4) is 0 Å². The number of hydrogen-bond donors (Lipinski definition) is 1. The number of piperidine rings is 1. The van der Waals surface area contributed by atoms with E-state index in [0.717, 1.165) is 36.6 Å². The molecule has 1 aromatic heterocycles. The zero-order chi connectivity index (χ0) is 17.6. The SMILES string of the molecule is O=C(CCc1c(Cl)cccc1Cl)NC[C@H]1CCCN(c2nccs2)C1. The van der Waals surface area contributed by atoms with Crippen LogP contribution in [0.4, 0.5) is 5.13 Å². The second-order valence-corrected chi connectivity index (χ2v) is 7.96. The Morgan fingerprint density at radius 1 is 1.36 bits per heavy atom. The molecule has 1 aliphatic rings. The predicted molar refractivity (Wildman–Crippen MR) is 105 cm³/mol. The number of nitrogens with zero attached hydrogens (tertiary/aromatic N) is 2. The van der Waals surface area contributed by atoms with Crippen LogP contribution in [0.2, 0.25) is 10.0 Å². The third kappa shape index (κ3) is 5.09. The summed E-state index contributed by atoms with van der Waals surface area (Å²) in [5.74, 6) is 0.507. The molecule has 3 rings (SSSR count). The van der Waals surface area contributed by atoms with Crippen molar-refractivity contribution < 1.29 is 4.79 Å². The van der Waals surface area contributed by atoms with Crippen molar-refractivity contribution in [1.82, 2.24) is 10.3 Å². The summed E-state index contributed by atoms with van der Waals surface area (Å²) in [6, 6.07) is 5.41. The van der Waals surface area contributed by atoms with Crippen molar-refractivity contribution in [3.05, 3.63) is 45.4 Å². The fraction of sp³-hybridized carbons (Fsp3) is 0.444. The van der Waals surface area contributed by atoms with Crippen LogP contribution in [0.3, 0.4) is 0 Å². The largest absolute Gasteiger partial charge is 0.356 e. The van der Waals surface area contributed by atoms with Crippen LogP contribution in [0, 0.1) is 5.92 Å². The van der Waals surface area contributed by atoms with E-state index in [4.69, 9.17) is 23.2 Å². The van der Waals surface area contributed by atoms with Crippen molar-refractivity contribution in [1.29, 1.82) is 0 Å². The molecule has 0 unspecified atom stereocenters. The molecule has 1 amide bonds. The van der Waals surface area contributed by atoms with Gasteiger partial charge in [-0.15, -0.1) is 11.3 Å². The van der Waals surface area contributed by atoms with Gasteiger partial charge in [-0.25, -0.2) is 4.98 Å². The van der Waals surface area contributed by atoms with Crippen LogP contribution in [-0.4, -0.2) is 30.5 Å². The fourth-order valence-electron chi connectivity index (χ4n) is 3.13. The summed E-state index contributed by atoms with van der Waals surface area (Å²) in [7, 11) is 0. The van der Waals surface area contributed by atoms with Crippen molar-refractivity contribution in [2.24, 2.45) is 5.92 Å². The maximum absolute atomic E-state index is 12.2. The Morgan fingerprint density at radius 3 is 2.88 bits per heavy atom. The van der Waals surface area contributed by atoms with Crippen LogP contribution in [0.1, 0.15) is 24.8 Å². The molecule has 25 heavy (non-hydrogen) atoms. The molecular formula is C18H21Cl2N3OS. The molecule has 4 nitrogen and oxygen atoms in total. The molecule has 1 aliphatic heterocycles. The molecule has 1 fully saturated rings. The number of carbonyl (C=O) groups is 1. The molecule has 7 heteroatoms. The van der Waals surface area contributed by atoms with E-state index in [2.05, 4.69) is 15.2 Å². The Bertz CT molecular complexity index is 688. The average molecular weight is 398 g/mol. The summed E-state index contributed by atoms with van der Waals surface area (Å²) < 4.78 is 0. The van der Waals surface area contributed by atoms with Gasteiger partial charge in [0.15, 0.2) is 5.13 Å². The van der Waals surface area contributed by atoms with Gasteiger partial charge in [0.25, 0.3) is 0 Å². The van der Waals surface area contributed by atoms with E-state index in [1.165, 1.54) is 0 Å².